The number of anilines is 1. The van der Waals surface area contributed by atoms with Gasteiger partial charge in [0.2, 0.25) is 0 Å². The van der Waals surface area contributed by atoms with E-state index in [1.54, 1.807) is 4.90 Å². The molecule has 124 valence electrons. The Balaban J connectivity index is 1.69. The summed E-state index contributed by atoms with van der Waals surface area (Å²) in [5.74, 6) is -1.61. The molecular formula is C18H15ClFNO3. The Bertz CT molecular complexity index is 809. The van der Waals surface area contributed by atoms with Crippen molar-refractivity contribution < 1.29 is 18.7 Å². The van der Waals surface area contributed by atoms with Crippen molar-refractivity contribution in [3.8, 4) is 0 Å². The molecule has 6 heteroatoms. The van der Waals surface area contributed by atoms with E-state index in [-0.39, 0.29) is 22.5 Å². The molecule has 0 saturated carbocycles. The minimum atomic E-state index is -0.756. The van der Waals surface area contributed by atoms with Gasteiger partial charge in [-0.1, -0.05) is 29.8 Å². The molecule has 0 aromatic heterocycles. The van der Waals surface area contributed by atoms with Crippen molar-refractivity contribution in [2.45, 2.75) is 19.4 Å². The first-order valence-electron chi connectivity index (χ1n) is 7.49. The summed E-state index contributed by atoms with van der Waals surface area (Å²) in [6.07, 6.45) is 0.764. The van der Waals surface area contributed by atoms with Crippen LogP contribution in [0.5, 0.6) is 0 Å². The molecule has 1 amide bonds. The van der Waals surface area contributed by atoms with E-state index in [4.69, 9.17) is 16.3 Å². The first-order valence-corrected chi connectivity index (χ1v) is 7.87. The van der Waals surface area contributed by atoms with E-state index in [0.717, 1.165) is 29.8 Å². The molecule has 2 aromatic carbocycles. The van der Waals surface area contributed by atoms with Gasteiger partial charge in [0, 0.05) is 11.7 Å². The third-order valence-electron chi connectivity index (χ3n) is 3.95. The predicted molar refractivity (Wildman–Crippen MR) is 88.8 cm³/mol. The van der Waals surface area contributed by atoms with Crippen LogP contribution in [0.2, 0.25) is 5.02 Å². The molecule has 3 rings (SSSR count). The highest BCUT2D eigenvalue weighted by Crippen LogP contribution is 2.31. The van der Waals surface area contributed by atoms with Crippen molar-refractivity contribution in [1.29, 1.82) is 0 Å². The van der Waals surface area contributed by atoms with Gasteiger partial charge in [-0.2, -0.15) is 0 Å². The Kier molecular flexibility index (Phi) is 4.53. The molecule has 0 bridgehead atoms. The first-order chi connectivity index (χ1) is 11.5. The average molecular weight is 348 g/mol. The monoisotopic (exact) mass is 347 g/mol. The third-order valence-corrected chi connectivity index (χ3v) is 4.27. The zero-order valence-corrected chi connectivity index (χ0v) is 13.7. The number of benzene rings is 2. The topological polar surface area (TPSA) is 46.6 Å². The van der Waals surface area contributed by atoms with Crippen LogP contribution in [0.3, 0.4) is 0 Å². The Hall–Kier alpha value is -2.40. The second-order valence-corrected chi connectivity index (χ2v) is 6.05. The molecule has 1 atom stereocenters. The van der Waals surface area contributed by atoms with Crippen LogP contribution in [-0.2, 0) is 16.0 Å². The molecule has 1 aliphatic heterocycles. The molecule has 0 aliphatic carbocycles. The summed E-state index contributed by atoms with van der Waals surface area (Å²) in [4.78, 5) is 26.1. The number of amides is 1. The van der Waals surface area contributed by atoms with Gasteiger partial charge in [-0.05, 0) is 43.2 Å². The number of ether oxygens (including phenoxy) is 1. The summed E-state index contributed by atoms with van der Waals surface area (Å²) >= 11 is 5.82. The fourth-order valence-corrected chi connectivity index (χ4v) is 3.12. The van der Waals surface area contributed by atoms with E-state index < -0.39 is 18.4 Å². The molecule has 0 radical (unpaired) electrons. The van der Waals surface area contributed by atoms with Gasteiger partial charge in [-0.25, -0.2) is 9.18 Å². The number of hydrogen-bond donors (Lipinski definition) is 0. The molecule has 0 saturated heterocycles. The standard InChI is InChI=1S/C18H15ClFNO3/c1-11-8-12-4-2-3-5-16(12)21(11)17(22)10-24-18(23)14-7-6-13(20)9-15(14)19/h2-7,9,11H,8,10H2,1H3/t11-/m1/s1. The maximum atomic E-state index is 13.0. The Morgan fingerprint density at radius 2 is 2.04 bits per heavy atom. The summed E-state index contributed by atoms with van der Waals surface area (Å²) in [7, 11) is 0. The summed E-state index contributed by atoms with van der Waals surface area (Å²) in [5, 5.41) is -0.0488. The molecule has 0 N–H and O–H groups in total. The summed E-state index contributed by atoms with van der Waals surface area (Å²) in [6.45, 7) is 1.54. The molecular weight excluding hydrogens is 333 g/mol. The largest absolute Gasteiger partial charge is 0.452 e. The van der Waals surface area contributed by atoms with E-state index >= 15 is 0 Å². The van der Waals surface area contributed by atoms with Gasteiger partial charge in [0.15, 0.2) is 6.61 Å². The maximum absolute atomic E-state index is 13.0. The van der Waals surface area contributed by atoms with Crippen molar-refractivity contribution in [2.75, 3.05) is 11.5 Å². The molecule has 0 fully saturated rings. The van der Waals surface area contributed by atoms with E-state index in [0.29, 0.717) is 0 Å². The predicted octanol–water partition coefficient (Wildman–Crippen LogP) is 3.61. The number of esters is 1. The molecule has 4 nitrogen and oxygen atoms in total. The lowest BCUT2D eigenvalue weighted by Crippen LogP contribution is -2.38. The number of fused-ring (bicyclic) bond motifs is 1. The molecule has 0 unspecified atom stereocenters. The van der Waals surface area contributed by atoms with Gasteiger partial charge in [0.25, 0.3) is 5.91 Å². The van der Waals surface area contributed by atoms with E-state index in [2.05, 4.69) is 0 Å². The SMILES string of the molecule is C[C@@H]1Cc2ccccc2N1C(=O)COC(=O)c1ccc(F)cc1Cl. The zero-order chi connectivity index (χ0) is 17.3. The zero-order valence-electron chi connectivity index (χ0n) is 13.0. The van der Waals surface area contributed by atoms with Crippen LogP contribution in [0.4, 0.5) is 10.1 Å². The summed E-state index contributed by atoms with van der Waals surface area (Å²) in [5.41, 5.74) is 1.96. The number of halogens is 2. The minimum absolute atomic E-state index is 0.00279. The molecule has 2 aromatic rings. The van der Waals surface area contributed by atoms with Crippen molar-refractivity contribution in [3.63, 3.8) is 0 Å². The smallest absolute Gasteiger partial charge is 0.340 e. The van der Waals surface area contributed by atoms with Crippen LogP contribution in [0.25, 0.3) is 0 Å². The second kappa shape index (κ2) is 6.61. The van der Waals surface area contributed by atoms with Crippen LogP contribution < -0.4 is 4.90 Å². The average Bonchev–Trinajstić information content (AvgIpc) is 2.88. The van der Waals surface area contributed by atoms with Gasteiger partial charge in [-0.3, -0.25) is 4.79 Å². The van der Waals surface area contributed by atoms with Crippen LogP contribution in [0.15, 0.2) is 42.5 Å². The lowest BCUT2D eigenvalue weighted by atomic mass is 10.1. The highest BCUT2D eigenvalue weighted by atomic mass is 35.5. The highest BCUT2D eigenvalue weighted by Gasteiger charge is 2.31. The minimum Gasteiger partial charge on any atom is -0.452 e. The molecule has 24 heavy (non-hydrogen) atoms. The first kappa shape index (κ1) is 16.5. The van der Waals surface area contributed by atoms with Crippen molar-refractivity contribution in [2.24, 2.45) is 0 Å². The Morgan fingerprint density at radius 1 is 1.29 bits per heavy atom. The summed E-state index contributed by atoms with van der Waals surface area (Å²) < 4.78 is 18.1. The van der Waals surface area contributed by atoms with Gasteiger partial charge in [0.1, 0.15) is 5.82 Å². The van der Waals surface area contributed by atoms with Crippen LogP contribution in [-0.4, -0.2) is 24.5 Å². The van der Waals surface area contributed by atoms with Gasteiger partial charge in [-0.15, -0.1) is 0 Å². The lowest BCUT2D eigenvalue weighted by molar-refractivity contribution is -0.122. The van der Waals surface area contributed by atoms with E-state index in [1.807, 2.05) is 31.2 Å². The fraction of sp³-hybridized carbons (Fsp3) is 0.222. The number of carbonyl (C=O) groups is 2. The van der Waals surface area contributed by atoms with Gasteiger partial charge in [0.05, 0.1) is 10.6 Å². The Labute approximate surface area is 143 Å². The maximum Gasteiger partial charge on any atom is 0.340 e. The van der Waals surface area contributed by atoms with Gasteiger partial charge < -0.3 is 9.64 Å². The number of para-hydroxylation sites is 1. The lowest BCUT2D eigenvalue weighted by Gasteiger charge is -2.22. The molecule has 1 aliphatic rings. The van der Waals surface area contributed by atoms with Gasteiger partial charge >= 0.3 is 5.97 Å². The number of carbonyl (C=O) groups excluding carboxylic acids is 2. The highest BCUT2D eigenvalue weighted by molar-refractivity contribution is 6.33. The number of nitrogens with zero attached hydrogens (tertiary/aromatic N) is 1. The van der Waals surface area contributed by atoms with Crippen molar-refractivity contribution in [3.05, 3.63) is 64.4 Å². The molecule has 1 heterocycles. The van der Waals surface area contributed by atoms with Crippen molar-refractivity contribution >= 4 is 29.2 Å². The normalized spacial score (nSPS) is 16.0. The quantitative estimate of drug-likeness (QED) is 0.797. The number of hydrogen-bond acceptors (Lipinski definition) is 3. The second-order valence-electron chi connectivity index (χ2n) is 5.65. The Morgan fingerprint density at radius 3 is 2.79 bits per heavy atom. The third kappa shape index (κ3) is 3.12. The van der Waals surface area contributed by atoms with Crippen molar-refractivity contribution in [1.82, 2.24) is 0 Å². The molecule has 0 spiro atoms. The van der Waals surface area contributed by atoms with Crippen LogP contribution >= 0.6 is 11.6 Å². The van der Waals surface area contributed by atoms with E-state index in [9.17, 15) is 14.0 Å². The van der Waals surface area contributed by atoms with Crippen LogP contribution in [0, 0.1) is 5.82 Å². The van der Waals surface area contributed by atoms with Crippen LogP contribution in [0.1, 0.15) is 22.8 Å². The van der Waals surface area contributed by atoms with E-state index in [1.165, 1.54) is 6.07 Å². The summed E-state index contributed by atoms with van der Waals surface area (Å²) in [6, 6.07) is 11.0. The number of rotatable bonds is 3. The fourth-order valence-electron chi connectivity index (χ4n) is 2.88.